The Bertz CT molecular complexity index is 747. The molecule has 4 rings (SSSR count). The average Bonchev–Trinajstić information content (AvgIpc) is 2.80. The van der Waals surface area contributed by atoms with Crippen LogP contribution in [0.5, 0.6) is 0 Å². The maximum Gasteiger partial charge on any atom is 0.261 e. The van der Waals surface area contributed by atoms with Crippen LogP contribution in [0.3, 0.4) is 0 Å². The van der Waals surface area contributed by atoms with Crippen molar-refractivity contribution in [3.05, 3.63) is 70.3 Å². The minimum Gasteiger partial charge on any atom is -0.312 e. The molecule has 0 spiro atoms. The Hall–Kier alpha value is -2.46. The Morgan fingerprint density at radius 3 is 2.41 bits per heavy atom. The quantitative estimate of drug-likeness (QED) is 0.863. The largest absolute Gasteiger partial charge is 0.312 e. The van der Waals surface area contributed by atoms with E-state index in [2.05, 4.69) is 17.4 Å². The van der Waals surface area contributed by atoms with Crippen molar-refractivity contribution in [2.24, 2.45) is 0 Å². The summed E-state index contributed by atoms with van der Waals surface area (Å²) in [6.45, 7) is 2.21. The lowest BCUT2D eigenvalue weighted by atomic mass is 9.98. The van der Waals surface area contributed by atoms with Gasteiger partial charge in [-0.2, -0.15) is 0 Å². The Balaban J connectivity index is 1.62. The van der Waals surface area contributed by atoms with Crippen LogP contribution in [0.25, 0.3) is 0 Å². The van der Waals surface area contributed by atoms with Gasteiger partial charge >= 0.3 is 0 Å². The molecule has 2 amide bonds. The van der Waals surface area contributed by atoms with Crippen molar-refractivity contribution >= 4 is 11.8 Å². The molecule has 0 fully saturated rings. The van der Waals surface area contributed by atoms with E-state index in [1.165, 1.54) is 16.0 Å². The normalized spacial score (nSPS) is 16.6. The summed E-state index contributed by atoms with van der Waals surface area (Å²) in [4.78, 5) is 26.1. The van der Waals surface area contributed by atoms with E-state index < -0.39 is 0 Å². The lowest BCUT2D eigenvalue weighted by Crippen LogP contribution is -2.29. The van der Waals surface area contributed by atoms with Crippen LogP contribution in [-0.4, -0.2) is 23.3 Å². The molecule has 4 nitrogen and oxygen atoms in total. The van der Waals surface area contributed by atoms with Gasteiger partial charge in [-0.15, -0.1) is 0 Å². The third kappa shape index (κ3) is 2.04. The Morgan fingerprint density at radius 1 is 0.955 bits per heavy atom. The summed E-state index contributed by atoms with van der Waals surface area (Å²) in [6.07, 6.45) is 0.991. The van der Waals surface area contributed by atoms with Gasteiger partial charge in [-0.05, 0) is 41.8 Å². The van der Waals surface area contributed by atoms with Crippen molar-refractivity contribution in [1.29, 1.82) is 0 Å². The molecular weight excluding hydrogens is 276 g/mol. The van der Waals surface area contributed by atoms with E-state index >= 15 is 0 Å². The van der Waals surface area contributed by atoms with Gasteiger partial charge in [0, 0.05) is 6.54 Å². The predicted molar refractivity (Wildman–Crippen MR) is 82.5 cm³/mol. The van der Waals surface area contributed by atoms with Gasteiger partial charge in [0.05, 0.1) is 17.7 Å². The second-order valence-electron chi connectivity index (χ2n) is 5.77. The fourth-order valence-corrected chi connectivity index (χ4v) is 3.19. The van der Waals surface area contributed by atoms with E-state index in [-0.39, 0.29) is 11.8 Å². The Labute approximate surface area is 128 Å². The van der Waals surface area contributed by atoms with Gasteiger partial charge in [0.2, 0.25) is 0 Å². The molecule has 1 N–H and O–H groups in total. The van der Waals surface area contributed by atoms with Gasteiger partial charge in [0.25, 0.3) is 11.8 Å². The van der Waals surface area contributed by atoms with E-state index in [1.807, 2.05) is 6.07 Å². The molecule has 0 unspecified atom stereocenters. The first-order valence-corrected chi connectivity index (χ1v) is 7.50. The number of nitrogens with zero attached hydrogens (tertiary/aromatic N) is 1. The van der Waals surface area contributed by atoms with E-state index in [4.69, 9.17) is 0 Å². The third-order valence-corrected chi connectivity index (χ3v) is 4.38. The van der Waals surface area contributed by atoms with Crippen LogP contribution in [0.15, 0.2) is 42.5 Å². The number of carbonyl (C=O) groups is 2. The van der Waals surface area contributed by atoms with Gasteiger partial charge in [0.1, 0.15) is 0 Å². The number of imide groups is 1. The van der Waals surface area contributed by atoms with Crippen molar-refractivity contribution in [2.75, 3.05) is 6.54 Å². The van der Waals surface area contributed by atoms with E-state index in [9.17, 15) is 9.59 Å². The van der Waals surface area contributed by atoms with Crippen LogP contribution in [0.1, 0.15) is 37.4 Å². The molecule has 0 radical (unpaired) electrons. The molecule has 2 aromatic rings. The topological polar surface area (TPSA) is 49.4 Å². The molecule has 2 aliphatic heterocycles. The highest BCUT2D eigenvalue weighted by Crippen LogP contribution is 2.25. The number of hydrogen-bond donors (Lipinski definition) is 1. The molecule has 4 heteroatoms. The maximum absolute atomic E-state index is 12.4. The molecule has 2 heterocycles. The summed E-state index contributed by atoms with van der Waals surface area (Å²) in [5.74, 6) is -0.389. The number of rotatable bonds is 2. The first-order valence-electron chi connectivity index (χ1n) is 7.50. The molecule has 22 heavy (non-hydrogen) atoms. The summed E-state index contributed by atoms with van der Waals surface area (Å²) in [5, 5.41) is 3.34. The second kappa shape index (κ2) is 5.07. The number of carbonyl (C=O) groups excluding carboxylic acids is 2. The zero-order chi connectivity index (χ0) is 15.1. The number of amides is 2. The number of fused-ring (bicyclic) bond motifs is 2. The highest BCUT2D eigenvalue weighted by atomic mass is 16.2. The zero-order valence-electron chi connectivity index (χ0n) is 12.1. The van der Waals surface area contributed by atoms with Gasteiger partial charge in [0.15, 0.2) is 0 Å². The van der Waals surface area contributed by atoms with Crippen molar-refractivity contribution < 1.29 is 9.59 Å². The van der Waals surface area contributed by atoms with Crippen LogP contribution >= 0.6 is 0 Å². The predicted octanol–water partition coefficient (Wildman–Crippen LogP) is 2.13. The minimum absolute atomic E-state index is 0.194. The zero-order valence-corrected chi connectivity index (χ0v) is 12.1. The van der Waals surface area contributed by atoms with Crippen LogP contribution < -0.4 is 5.32 Å². The molecule has 0 saturated heterocycles. The summed E-state index contributed by atoms with van der Waals surface area (Å²) < 4.78 is 0. The smallest absolute Gasteiger partial charge is 0.261 e. The van der Waals surface area contributed by atoms with E-state index in [0.717, 1.165) is 25.1 Å². The maximum atomic E-state index is 12.4. The Kier molecular flexibility index (Phi) is 3.05. The van der Waals surface area contributed by atoms with E-state index in [0.29, 0.717) is 17.7 Å². The highest BCUT2D eigenvalue weighted by Gasteiger charge is 2.34. The number of benzene rings is 2. The molecule has 0 saturated carbocycles. The minimum atomic E-state index is -0.194. The highest BCUT2D eigenvalue weighted by molar-refractivity contribution is 6.21. The van der Waals surface area contributed by atoms with Gasteiger partial charge in [-0.3, -0.25) is 14.5 Å². The number of nitrogens with one attached hydrogen (secondary N) is 1. The average molecular weight is 292 g/mol. The van der Waals surface area contributed by atoms with Crippen LogP contribution in [-0.2, 0) is 19.5 Å². The molecule has 2 aliphatic rings. The van der Waals surface area contributed by atoms with Crippen LogP contribution in [0.2, 0.25) is 0 Å². The number of hydrogen-bond acceptors (Lipinski definition) is 3. The fourth-order valence-electron chi connectivity index (χ4n) is 3.19. The van der Waals surface area contributed by atoms with Crippen molar-refractivity contribution in [3.63, 3.8) is 0 Å². The summed E-state index contributed by atoms with van der Waals surface area (Å²) in [6, 6.07) is 13.2. The first-order chi connectivity index (χ1) is 10.7. The van der Waals surface area contributed by atoms with Gasteiger partial charge in [-0.25, -0.2) is 0 Å². The third-order valence-electron chi connectivity index (χ3n) is 4.38. The lowest BCUT2D eigenvalue weighted by molar-refractivity contribution is 0.0642. The summed E-state index contributed by atoms with van der Waals surface area (Å²) >= 11 is 0. The van der Waals surface area contributed by atoms with Crippen molar-refractivity contribution in [1.82, 2.24) is 10.2 Å². The van der Waals surface area contributed by atoms with Crippen LogP contribution in [0.4, 0.5) is 0 Å². The molecule has 0 atom stereocenters. The fraction of sp³-hybridized carbons (Fsp3) is 0.222. The lowest BCUT2D eigenvalue weighted by Gasteiger charge is -2.19. The molecule has 0 bridgehead atoms. The first kappa shape index (κ1) is 13.2. The van der Waals surface area contributed by atoms with E-state index in [1.54, 1.807) is 24.3 Å². The van der Waals surface area contributed by atoms with Gasteiger partial charge in [-0.1, -0.05) is 30.3 Å². The monoisotopic (exact) mass is 292 g/mol. The standard InChI is InChI=1S/C18H16N2O2/c21-17-15-3-1-2-4-16(15)18(22)20(17)11-12-5-6-14-10-19-8-7-13(14)9-12/h1-6,9,19H,7-8,10-11H2. The molecule has 2 aromatic carbocycles. The Morgan fingerprint density at radius 2 is 1.68 bits per heavy atom. The van der Waals surface area contributed by atoms with Crippen LogP contribution in [0, 0.1) is 0 Å². The SMILES string of the molecule is O=C1c2ccccc2C(=O)N1Cc1ccc2c(c1)CCNC2. The molecular formula is C18H16N2O2. The van der Waals surface area contributed by atoms with Gasteiger partial charge < -0.3 is 5.32 Å². The second-order valence-corrected chi connectivity index (χ2v) is 5.77. The molecule has 110 valence electrons. The summed E-state index contributed by atoms with van der Waals surface area (Å²) in [5.41, 5.74) is 4.64. The molecule has 0 aromatic heterocycles. The summed E-state index contributed by atoms with van der Waals surface area (Å²) in [7, 11) is 0. The molecule has 0 aliphatic carbocycles. The van der Waals surface area contributed by atoms with Crippen molar-refractivity contribution in [2.45, 2.75) is 19.5 Å². The van der Waals surface area contributed by atoms with Crippen molar-refractivity contribution in [3.8, 4) is 0 Å².